The summed E-state index contributed by atoms with van der Waals surface area (Å²) in [4.78, 5) is 2.23. The highest BCUT2D eigenvalue weighted by Crippen LogP contribution is 2.49. The van der Waals surface area contributed by atoms with E-state index in [2.05, 4.69) is 22.4 Å². The minimum Gasteiger partial charge on any atom is -0.381 e. The first-order chi connectivity index (χ1) is 13.4. The Balaban J connectivity index is 1.53. The highest BCUT2D eigenvalue weighted by molar-refractivity contribution is 5.34. The number of hydrogen-bond donors (Lipinski definition) is 1. The number of halogens is 2. The van der Waals surface area contributed by atoms with Gasteiger partial charge >= 0.3 is 0 Å². The van der Waals surface area contributed by atoms with E-state index in [1.165, 1.54) is 6.42 Å². The molecule has 5 nitrogen and oxygen atoms in total. The zero-order valence-corrected chi connectivity index (χ0v) is 17.3. The molecule has 3 aliphatic rings. The van der Waals surface area contributed by atoms with Crippen LogP contribution in [0.5, 0.6) is 0 Å². The van der Waals surface area contributed by atoms with Crippen molar-refractivity contribution in [3.8, 4) is 0 Å². The minimum atomic E-state index is -2.65. The number of likely N-dealkylation sites (N-methyl/N-ethyl adjacent to an activating group) is 2. The molecule has 0 aromatic carbocycles. The van der Waals surface area contributed by atoms with Gasteiger partial charge < -0.3 is 10.1 Å². The van der Waals surface area contributed by atoms with Crippen molar-refractivity contribution in [3.05, 3.63) is 17.0 Å². The lowest BCUT2D eigenvalue weighted by molar-refractivity contribution is -0.0309. The summed E-state index contributed by atoms with van der Waals surface area (Å²) < 4.78 is 35.5. The van der Waals surface area contributed by atoms with E-state index < -0.39 is 5.92 Å². The van der Waals surface area contributed by atoms with Gasteiger partial charge in [-0.05, 0) is 64.0 Å². The van der Waals surface area contributed by atoms with Gasteiger partial charge in [0.15, 0.2) is 0 Å². The van der Waals surface area contributed by atoms with Crippen LogP contribution in [0.4, 0.5) is 8.78 Å². The highest BCUT2D eigenvalue weighted by Gasteiger charge is 2.44. The topological polar surface area (TPSA) is 42.3 Å². The molecule has 2 aliphatic heterocycles. The summed E-state index contributed by atoms with van der Waals surface area (Å²) in [5.41, 5.74) is 3.28. The lowest BCUT2D eigenvalue weighted by Gasteiger charge is -2.42. The number of aromatic nitrogens is 2. The van der Waals surface area contributed by atoms with Crippen molar-refractivity contribution in [3.63, 3.8) is 0 Å². The van der Waals surface area contributed by atoms with Gasteiger partial charge in [-0.3, -0.25) is 9.58 Å². The number of hydrogen-bond acceptors (Lipinski definition) is 4. The first kappa shape index (κ1) is 20.2. The van der Waals surface area contributed by atoms with Crippen LogP contribution in [0.25, 0.3) is 0 Å². The van der Waals surface area contributed by atoms with Crippen molar-refractivity contribution in [1.82, 2.24) is 20.0 Å². The molecule has 7 heteroatoms. The SMILES string of the molecule is CNCCN(C)Cc1nn2c(c1[C@H]1CC[C@]3(CCCOC3)CC1)CC(F)(F)C2. The number of alkyl halides is 2. The molecule has 1 saturated heterocycles. The molecular weight excluding hydrogens is 362 g/mol. The molecule has 1 N–H and O–H groups in total. The number of fused-ring (bicyclic) bond motifs is 1. The Morgan fingerprint density at radius 2 is 2.07 bits per heavy atom. The van der Waals surface area contributed by atoms with Crippen LogP contribution in [0.3, 0.4) is 0 Å². The van der Waals surface area contributed by atoms with Gasteiger partial charge in [0.25, 0.3) is 5.92 Å². The summed E-state index contributed by atoms with van der Waals surface area (Å²) in [5.74, 6) is -2.29. The van der Waals surface area contributed by atoms with Crippen LogP contribution < -0.4 is 5.32 Å². The number of nitrogens with one attached hydrogen (secondary N) is 1. The second-order valence-electron chi connectivity index (χ2n) is 9.27. The summed E-state index contributed by atoms with van der Waals surface area (Å²) in [5, 5.41) is 7.83. The smallest absolute Gasteiger partial charge is 0.272 e. The van der Waals surface area contributed by atoms with Crippen LogP contribution in [0, 0.1) is 5.41 Å². The molecule has 4 rings (SSSR count). The van der Waals surface area contributed by atoms with Gasteiger partial charge in [-0.2, -0.15) is 5.10 Å². The Bertz CT molecular complexity index is 674. The molecule has 0 atom stereocenters. The first-order valence-corrected chi connectivity index (χ1v) is 10.8. The molecule has 2 fully saturated rings. The molecule has 0 amide bonds. The molecule has 1 aromatic rings. The standard InChI is InChI=1S/C21H34F2N4O/c1-24-9-10-26(2)13-17-19(18-12-21(22,23)14-27(18)25-17)16-4-7-20(8-5-16)6-3-11-28-15-20/h16,24H,3-15H2,1-2H3/t16-,20+. The highest BCUT2D eigenvalue weighted by atomic mass is 19.3. The van der Waals surface area contributed by atoms with Gasteiger partial charge in [0.05, 0.1) is 18.7 Å². The first-order valence-electron chi connectivity index (χ1n) is 10.8. The Labute approximate surface area is 166 Å². The van der Waals surface area contributed by atoms with Gasteiger partial charge in [-0.15, -0.1) is 0 Å². The Morgan fingerprint density at radius 3 is 2.75 bits per heavy atom. The van der Waals surface area contributed by atoms with Gasteiger partial charge in [0.1, 0.15) is 6.54 Å². The Hall–Kier alpha value is -1.05. The van der Waals surface area contributed by atoms with Crippen LogP contribution in [0.15, 0.2) is 0 Å². The average molecular weight is 397 g/mol. The zero-order chi connectivity index (χ0) is 19.8. The lowest BCUT2D eigenvalue weighted by atomic mass is 9.66. The third-order valence-corrected chi connectivity index (χ3v) is 7.00. The van der Waals surface area contributed by atoms with E-state index in [-0.39, 0.29) is 13.0 Å². The van der Waals surface area contributed by atoms with E-state index in [1.807, 2.05) is 7.05 Å². The normalized spacial score (nSPS) is 29.5. The summed E-state index contributed by atoms with van der Waals surface area (Å²) in [6.45, 7) is 4.06. The van der Waals surface area contributed by atoms with E-state index in [1.54, 1.807) is 4.68 Å². The predicted octanol–water partition coefficient (Wildman–Crippen LogP) is 3.18. The number of rotatable bonds is 6. The van der Waals surface area contributed by atoms with Crippen molar-refractivity contribution in [2.45, 2.75) is 69.9 Å². The van der Waals surface area contributed by atoms with Crippen LogP contribution in [0.1, 0.15) is 61.4 Å². The maximum absolute atomic E-state index is 14.1. The summed E-state index contributed by atoms with van der Waals surface area (Å²) in [7, 11) is 4.02. The van der Waals surface area contributed by atoms with Crippen molar-refractivity contribution in [2.75, 3.05) is 40.4 Å². The summed E-state index contributed by atoms with van der Waals surface area (Å²) in [6, 6.07) is 0. The number of ether oxygens (including phenoxy) is 1. The molecule has 1 spiro atoms. The van der Waals surface area contributed by atoms with Crippen molar-refractivity contribution in [2.24, 2.45) is 5.41 Å². The second-order valence-corrected chi connectivity index (χ2v) is 9.27. The van der Waals surface area contributed by atoms with E-state index in [0.29, 0.717) is 11.3 Å². The van der Waals surface area contributed by atoms with E-state index in [9.17, 15) is 8.78 Å². The predicted molar refractivity (Wildman–Crippen MR) is 105 cm³/mol. The molecule has 3 heterocycles. The van der Waals surface area contributed by atoms with Crippen LogP contribution in [0.2, 0.25) is 0 Å². The second kappa shape index (κ2) is 8.00. The quantitative estimate of drug-likeness (QED) is 0.802. The van der Waals surface area contributed by atoms with E-state index in [0.717, 1.165) is 81.9 Å². The minimum absolute atomic E-state index is 0.152. The van der Waals surface area contributed by atoms with E-state index >= 15 is 0 Å². The summed E-state index contributed by atoms with van der Waals surface area (Å²) in [6.07, 6.45) is 6.69. The van der Waals surface area contributed by atoms with Gasteiger partial charge in [0, 0.05) is 37.5 Å². The van der Waals surface area contributed by atoms with E-state index in [4.69, 9.17) is 4.74 Å². The molecule has 0 unspecified atom stereocenters. The van der Waals surface area contributed by atoms with Gasteiger partial charge in [-0.1, -0.05) is 0 Å². The molecule has 158 valence electrons. The third kappa shape index (κ3) is 4.12. The number of nitrogens with zero attached hydrogens (tertiary/aromatic N) is 3. The fourth-order valence-corrected chi connectivity index (χ4v) is 5.45. The van der Waals surface area contributed by atoms with Crippen molar-refractivity contribution >= 4 is 0 Å². The van der Waals surface area contributed by atoms with Crippen molar-refractivity contribution in [1.29, 1.82) is 0 Å². The molecule has 1 aliphatic carbocycles. The average Bonchev–Trinajstić information content (AvgIpc) is 3.12. The molecule has 0 radical (unpaired) electrons. The lowest BCUT2D eigenvalue weighted by Crippen LogP contribution is -2.35. The van der Waals surface area contributed by atoms with Crippen LogP contribution in [-0.2, 0) is 24.2 Å². The molecule has 28 heavy (non-hydrogen) atoms. The summed E-state index contributed by atoms with van der Waals surface area (Å²) >= 11 is 0. The van der Waals surface area contributed by atoms with Gasteiger partial charge in [0.2, 0.25) is 0 Å². The largest absolute Gasteiger partial charge is 0.381 e. The molecule has 0 bridgehead atoms. The maximum atomic E-state index is 14.1. The zero-order valence-electron chi connectivity index (χ0n) is 17.3. The fraction of sp³-hybridized carbons (Fsp3) is 0.857. The molecular formula is C21H34F2N4O. The monoisotopic (exact) mass is 396 g/mol. The Kier molecular flexibility index (Phi) is 5.78. The molecule has 1 aromatic heterocycles. The Morgan fingerprint density at radius 1 is 1.29 bits per heavy atom. The van der Waals surface area contributed by atoms with Crippen LogP contribution in [-0.4, -0.2) is 61.0 Å². The van der Waals surface area contributed by atoms with Crippen LogP contribution >= 0.6 is 0 Å². The molecule has 1 saturated carbocycles. The third-order valence-electron chi connectivity index (χ3n) is 7.00. The van der Waals surface area contributed by atoms with Gasteiger partial charge in [-0.25, -0.2) is 8.78 Å². The maximum Gasteiger partial charge on any atom is 0.272 e. The van der Waals surface area contributed by atoms with Crippen molar-refractivity contribution < 1.29 is 13.5 Å². The fourth-order valence-electron chi connectivity index (χ4n) is 5.45.